The standard InChI is InChI=1S/C25H34N2O5S/c1-6-18-15-22(33(5,29)30)9-10-23(18)31-17-21-8-7-20(16-26-21)19-11-13-27(14-12-19)24(28)32-25(2,3)4/h7-10,15-16,19H,6,11-14,17H2,1-5H3. The van der Waals surface area contributed by atoms with Gasteiger partial charge in [0, 0.05) is 25.5 Å². The number of ether oxygens (including phenoxy) is 2. The van der Waals surface area contributed by atoms with Crippen LogP contribution in [0.2, 0.25) is 0 Å². The van der Waals surface area contributed by atoms with Crippen LogP contribution in [0, 0.1) is 0 Å². The molecule has 1 aliphatic heterocycles. The van der Waals surface area contributed by atoms with Crippen molar-refractivity contribution in [1.29, 1.82) is 0 Å². The van der Waals surface area contributed by atoms with Crippen molar-refractivity contribution in [2.45, 2.75) is 70.0 Å². The predicted molar refractivity (Wildman–Crippen MR) is 127 cm³/mol. The molecule has 33 heavy (non-hydrogen) atoms. The van der Waals surface area contributed by atoms with Gasteiger partial charge in [0.2, 0.25) is 0 Å². The summed E-state index contributed by atoms with van der Waals surface area (Å²) in [5.41, 5.74) is 2.34. The van der Waals surface area contributed by atoms with Crippen LogP contribution in [0.25, 0.3) is 0 Å². The van der Waals surface area contributed by atoms with Crippen molar-refractivity contribution in [2.24, 2.45) is 0 Å². The first-order valence-electron chi connectivity index (χ1n) is 11.3. The zero-order chi connectivity index (χ0) is 24.2. The molecule has 1 aliphatic rings. The van der Waals surface area contributed by atoms with Gasteiger partial charge in [0.15, 0.2) is 9.84 Å². The number of carbonyl (C=O) groups is 1. The predicted octanol–water partition coefficient (Wildman–Crippen LogP) is 4.74. The van der Waals surface area contributed by atoms with E-state index in [4.69, 9.17) is 9.47 Å². The summed E-state index contributed by atoms with van der Waals surface area (Å²) in [7, 11) is -3.25. The molecule has 1 saturated heterocycles. The first-order valence-corrected chi connectivity index (χ1v) is 13.2. The van der Waals surface area contributed by atoms with Gasteiger partial charge in [0.1, 0.15) is 18.0 Å². The topological polar surface area (TPSA) is 85.8 Å². The minimum atomic E-state index is -3.25. The van der Waals surface area contributed by atoms with Gasteiger partial charge in [0.25, 0.3) is 0 Å². The number of hydrogen-bond donors (Lipinski definition) is 0. The molecule has 7 nitrogen and oxygen atoms in total. The molecule has 0 spiro atoms. The molecule has 1 aromatic heterocycles. The molecule has 1 aromatic carbocycles. The van der Waals surface area contributed by atoms with Crippen molar-refractivity contribution in [3.8, 4) is 5.75 Å². The van der Waals surface area contributed by atoms with E-state index in [9.17, 15) is 13.2 Å². The Hall–Kier alpha value is -2.61. The van der Waals surface area contributed by atoms with Gasteiger partial charge in [0.05, 0.1) is 10.6 Å². The van der Waals surface area contributed by atoms with Gasteiger partial charge >= 0.3 is 6.09 Å². The number of amides is 1. The Bertz CT molecular complexity index is 1070. The molecule has 0 unspecified atom stereocenters. The quantitative estimate of drug-likeness (QED) is 0.601. The number of piperidine rings is 1. The number of rotatable bonds is 6. The largest absolute Gasteiger partial charge is 0.487 e. The van der Waals surface area contributed by atoms with Crippen molar-refractivity contribution in [3.63, 3.8) is 0 Å². The van der Waals surface area contributed by atoms with Crippen molar-refractivity contribution in [2.75, 3.05) is 19.3 Å². The second kappa shape index (κ2) is 10.1. The van der Waals surface area contributed by atoms with E-state index in [-0.39, 0.29) is 6.09 Å². The van der Waals surface area contributed by atoms with Gasteiger partial charge in [-0.3, -0.25) is 4.98 Å². The van der Waals surface area contributed by atoms with Crippen molar-refractivity contribution in [3.05, 3.63) is 53.3 Å². The molecule has 0 radical (unpaired) electrons. The van der Waals surface area contributed by atoms with E-state index in [0.29, 0.717) is 42.7 Å². The Morgan fingerprint density at radius 3 is 2.39 bits per heavy atom. The molecule has 8 heteroatoms. The highest BCUT2D eigenvalue weighted by atomic mass is 32.2. The third-order valence-electron chi connectivity index (χ3n) is 5.68. The summed E-state index contributed by atoms with van der Waals surface area (Å²) in [5, 5.41) is 0. The maximum atomic E-state index is 12.3. The van der Waals surface area contributed by atoms with E-state index in [2.05, 4.69) is 11.1 Å². The summed E-state index contributed by atoms with van der Waals surface area (Å²) in [6.07, 6.45) is 5.28. The van der Waals surface area contributed by atoms with Gasteiger partial charge in [-0.05, 0) is 81.3 Å². The number of nitrogens with zero attached hydrogens (tertiary/aromatic N) is 2. The third-order valence-corrected chi connectivity index (χ3v) is 6.79. The molecule has 2 aromatic rings. The molecular weight excluding hydrogens is 440 g/mol. The summed E-state index contributed by atoms with van der Waals surface area (Å²) in [5.74, 6) is 1.03. The van der Waals surface area contributed by atoms with E-state index < -0.39 is 15.4 Å². The average molecular weight is 475 g/mol. The molecular formula is C25H34N2O5S. The Kier molecular flexibility index (Phi) is 7.67. The smallest absolute Gasteiger partial charge is 0.410 e. The zero-order valence-electron chi connectivity index (χ0n) is 20.1. The van der Waals surface area contributed by atoms with Crippen LogP contribution in [0.3, 0.4) is 0 Å². The minimum absolute atomic E-state index is 0.248. The van der Waals surface area contributed by atoms with Gasteiger partial charge in [-0.15, -0.1) is 0 Å². The fraction of sp³-hybridized carbons (Fsp3) is 0.520. The maximum absolute atomic E-state index is 12.3. The van der Waals surface area contributed by atoms with Crippen LogP contribution in [0.5, 0.6) is 5.75 Å². The second-order valence-electron chi connectivity index (χ2n) is 9.51. The SMILES string of the molecule is CCc1cc(S(C)(=O)=O)ccc1OCc1ccc(C2CCN(C(=O)OC(C)(C)C)CC2)cn1. The lowest BCUT2D eigenvalue weighted by Gasteiger charge is -2.33. The summed E-state index contributed by atoms with van der Waals surface area (Å²) in [6, 6.07) is 9.00. The van der Waals surface area contributed by atoms with Crippen molar-refractivity contribution >= 4 is 15.9 Å². The average Bonchev–Trinajstić information content (AvgIpc) is 2.76. The number of sulfone groups is 1. The zero-order valence-corrected chi connectivity index (χ0v) is 20.9. The summed E-state index contributed by atoms with van der Waals surface area (Å²) in [6.45, 7) is 9.26. The molecule has 0 N–H and O–H groups in total. The lowest BCUT2D eigenvalue weighted by molar-refractivity contribution is 0.0204. The van der Waals surface area contributed by atoms with Gasteiger partial charge < -0.3 is 14.4 Å². The van der Waals surface area contributed by atoms with E-state index >= 15 is 0 Å². The van der Waals surface area contributed by atoms with Crippen LogP contribution in [0.4, 0.5) is 4.79 Å². The molecule has 0 aliphatic carbocycles. The molecule has 180 valence electrons. The summed E-state index contributed by atoms with van der Waals surface area (Å²) >= 11 is 0. The van der Waals surface area contributed by atoms with Gasteiger partial charge in [-0.2, -0.15) is 0 Å². The highest BCUT2D eigenvalue weighted by Crippen LogP contribution is 2.29. The molecule has 3 rings (SSSR count). The Balaban J connectivity index is 1.56. The van der Waals surface area contributed by atoms with E-state index in [0.717, 1.165) is 29.7 Å². The number of aromatic nitrogens is 1. The van der Waals surface area contributed by atoms with Crippen molar-refractivity contribution < 1.29 is 22.7 Å². The van der Waals surface area contributed by atoms with E-state index in [1.54, 1.807) is 23.1 Å². The summed E-state index contributed by atoms with van der Waals surface area (Å²) < 4.78 is 35.0. The fourth-order valence-electron chi connectivity index (χ4n) is 3.84. The number of pyridine rings is 1. The third kappa shape index (κ3) is 6.93. The molecule has 0 bridgehead atoms. The minimum Gasteiger partial charge on any atom is -0.487 e. The highest BCUT2D eigenvalue weighted by Gasteiger charge is 2.27. The van der Waals surface area contributed by atoms with Crippen molar-refractivity contribution in [1.82, 2.24) is 9.88 Å². The second-order valence-corrected chi connectivity index (χ2v) is 11.5. The fourth-order valence-corrected chi connectivity index (χ4v) is 4.51. The Labute approximate surface area is 197 Å². The van der Waals surface area contributed by atoms with E-state index in [1.165, 1.54) is 6.26 Å². The van der Waals surface area contributed by atoms with Gasteiger partial charge in [-0.1, -0.05) is 13.0 Å². The molecule has 0 atom stereocenters. The lowest BCUT2D eigenvalue weighted by atomic mass is 9.90. The monoisotopic (exact) mass is 474 g/mol. The number of hydrogen-bond acceptors (Lipinski definition) is 6. The van der Waals surface area contributed by atoms with Gasteiger partial charge in [-0.25, -0.2) is 13.2 Å². The Morgan fingerprint density at radius 1 is 1.15 bits per heavy atom. The molecule has 1 fully saturated rings. The van der Waals surface area contributed by atoms with E-state index in [1.807, 2.05) is 40.0 Å². The highest BCUT2D eigenvalue weighted by molar-refractivity contribution is 7.90. The number of benzene rings is 1. The molecule has 2 heterocycles. The first kappa shape index (κ1) is 25.0. The van der Waals surface area contributed by atoms with Crippen LogP contribution in [-0.4, -0.2) is 49.3 Å². The number of likely N-dealkylation sites (tertiary alicyclic amines) is 1. The van der Waals surface area contributed by atoms with Crippen LogP contribution in [-0.2, 0) is 27.6 Å². The summed E-state index contributed by atoms with van der Waals surface area (Å²) in [4.78, 5) is 18.9. The number of carbonyl (C=O) groups excluding carboxylic acids is 1. The normalized spacial score (nSPS) is 15.4. The van der Waals surface area contributed by atoms with Crippen LogP contribution >= 0.6 is 0 Å². The Morgan fingerprint density at radius 2 is 1.85 bits per heavy atom. The first-order chi connectivity index (χ1) is 15.5. The van der Waals surface area contributed by atoms with Crippen LogP contribution < -0.4 is 4.74 Å². The maximum Gasteiger partial charge on any atom is 0.410 e. The number of aryl methyl sites for hydroxylation is 1. The lowest BCUT2D eigenvalue weighted by Crippen LogP contribution is -2.41. The molecule has 0 saturated carbocycles. The van der Waals surface area contributed by atoms with Crippen LogP contribution in [0.1, 0.15) is 63.3 Å². The van der Waals surface area contributed by atoms with Crippen LogP contribution in [0.15, 0.2) is 41.4 Å². The molecule has 1 amide bonds.